The van der Waals surface area contributed by atoms with E-state index in [0.29, 0.717) is 6.42 Å². The van der Waals surface area contributed by atoms with Crippen LogP contribution in [0.3, 0.4) is 0 Å². The van der Waals surface area contributed by atoms with E-state index in [9.17, 15) is 13.2 Å². The van der Waals surface area contributed by atoms with Crippen LogP contribution < -0.4 is 5.32 Å². The monoisotopic (exact) mass is 310 g/mol. The molecule has 2 atom stereocenters. The van der Waals surface area contributed by atoms with Crippen molar-refractivity contribution in [2.24, 2.45) is 0 Å². The lowest BCUT2D eigenvalue weighted by atomic mass is 10.1. The number of hydrogen-bond acceptors (Lipinski definition) is 4. The highest BCUT2D eigenvalue weighted by molar-refractivity contribution is 7.91. The van der Waals surface area contributed by atoms with E-state index in [1.165, 1.54) is 0 Å². The second kappa shape index (κ2) is 6.58. The zero-order valence-corrected chi connectivity index (χ0v) is 13.3. The Labute approximate surface area is 126 Å². The number of benzene rings is 1. The zero-order chi connectivity index (χ0) is 15.5. The van der Waals surface area contributed by atoms with Gasteiger partial charge in [-0.1, -0.05) is 30.3 Å². The zero-order valence-electron chi connectivity index (χ0n) is 12.5. The fourth-order valence-electron chi connectivity index (χ4n) is 2.51. The third-order valence-corrected chi connectivity index (χ3v) is 5.76. The highest BCUT2D eigenvalue weighted by Gasteiger charge is 2.32. The van der Waals surface area contributed by atoms with Gasteiger partial charge in [0.2, 0.25) is 5.91 Å². The van der Waals surface area contributed by atoms with Crippen molar-refractivity contribution in [2.45, 2.75) is 25.4 Å². The average molecular weight is 310 g/mol. The fraction of sp³-hybridized carbons (Fsp3) is 0.533. The number of sulfone groups is 1. The molecule has 1 saturated heterocycles. The van der Waals surface area contributed by atoms with Crippen molar-refractivity contribution >= 4 is 15.7 Å². The number of nitrogens with zero attached hydrogens (tertiary/aromatic N) is 1. The van der Waals surface area contributed by atoms with Gasteiger partial charge in [-0.25, -0.2) is 8.42 Å². The number of amides is 1. The maximum Gasteiger partial charge on any atom is 0.236 e. The first-order chi connectivity index (χ1) is 9.89. The number of likely N-dealkylation sites (N-methyl/N-ethyl adjacent to an activating group) is 1. The van der Waals surface area contributed by atoms with Crippen LogP contribution in [0.2, 0.25) is 0 Å². The van der Waals surface area contributed by atoms with E-state index in [1.54, 1.807) is 11.9 Å². The van der Waals surface area contributed by atoms with Crippen LogP contribution >= 0.6 is 0 Å². The molecule has 5 nitrogen and oxygen atoms in total. The van der Waals surface area contributed by atoms with E-state index in [1.807, 2.05) is 37.3 Å². The van der Waals surface area contributed by atoms with Gasteiger partial charge in [0.25, 0.3) is 0 Å². The first-order valence-electron chi connectivity index (χ1n) is 7.13. The van der Waals surface area contributed by atoms with Crippen LogP contribution in [0.15, 0.2) is 30.3 Å². The predicted molar refractivity (Wildman–Crippen MR) is 82.7 cm³/mol. The van der Waals surface area contributed by atoms with Crippen LogP contribution in [0.4, 0.5) is 0 Å². The van der Waals surface area contributed by atoms with E-state index in [0.717, 1.165) is 5.56 Å². The van der Waals surface area contributed by atoms with Gasteiger partial charge in [0.15, 0.2) is 9.84 Å². The average Bonchev–Trinajstić information content (AvgIpc) is 2.84. The smallest absolute Gasteiger partial charge is 0.236 e. The molecule has 1 fully saturated rings. The van der Waals surface area contributed by atoms with E-state index in [2.05, 4.69) is 5.32 Å². The Morgan fingerprint density at radius 2 is 2.05 bits per heavy atom. The molecule has 0 saturated carbocycles. The van der Waals surface area contributed by atoms with Gasteiger partial charge in [0.1, 0.15) is 0 Å². The molecule has 116 valence electrons. The molecule has 2 unspecified atom stereocenters. The molecular formula is C15H22N2O3S. The summed E-state index contributed by atoms with van der Waals surface area (Å²) in [5, 5.41) is 3.18. The third-order valence-electron chi connectivity index (χ3n) is 4.01. The largest absolute Gasteiger partial charge is 0.341 e. The summed E-state index contributed by atoms with van der Waals surface area (Å²) in [5.41, 5.74) is 1.12. The molecule has 1 aromatic rings. The van der Waals surface area contributed by atoms with E-state index in [-0.39, 0.29) is 36.0 Å². The second-order valence-electron chi connectivity index (χ2n) is 5.57. The first-order valence-corrected chi connectivity index (χ1v) is 8.95. The highest BCUT2D eigenvalue weighted by atomic mass is 32.2. The van der Waals surface area contributed by atoms with Crippen LogP contribution in [-0.2, 0) is 14.6 Å². The minimum absolute atomic E-state index is 0.0696. The predicted octanol–water partition coefficient (Wildman–Crippen LogP) is 0.983. The van der Waals surface area contributed by atoms with Gasteiger partial charge in [0, 0.05) is 19.1 Å². The van der Waals surface area contributed by atoms with E-state index >= 15 is 0 Å². The summed E-state index contributed by atoms with van der Waals surface area (Å²) in [6.07, 6.45) is 0.540. The van der Waals surface area contributed by atoms with Gasteiger partial charge in [-0.15, -0.1) is 0 Å². The summed E-state index contributed by atoms with van der Waals surface area (Å²) in [6, 6.07) is 9.79. The van der Waals surface area contributed by atoms with Crippen LogP contribution in [0.25, 0.3) is 0 Å². The molecule has 1 N–H and O–H groups in total. The maximum absolute atomic E-state index is 12.1. The number of carbonyl (C=O) groups is 1. The molecule has 0 bridgehead atoms. The Bertz CT molecular complexity index is 586. The molecule has 0 spiro atoms. The quantitative estimate of drug-likeness (QED) is 0.880. The molecule has 1 aliphatic heterocycles. The molecule has 0 aliphatic carbocycles. The summed E-state index contributed by atoms with van der Waals surface area (Å²) in [5.74, 6) is 0.201. The normalized spacial score (nSPS) is 21.9. The van der Waals surface area contributed by atoms with Crippen molar-refractivity contribution in [3.8, 4) is 0 Å². The van der Waals surface area contributed by atoms with Gasteiger partial charge in [-0.2, -0.15) is 0 Å². The van der Waals surface area contributed by atoms with Crippen LogP contribution in [0.5, 0.6) is 0 Å². The van der Waals surface area contributed by atoms with Crippen molar-refractivity contribution in [1.29, 1.82) is 0 Å². The maximum atomic E-state index is 12.1. The fourth-order valence-corrected chi connectivity index (χ4v) is 4.28. The standard InChI is InChI=1S/C15H22N2O3S/c1-12(13-6-4-3-5-7-13)16-10-15(18)17(2)14-8-9-21(19,20)11-14/h3-7,12,14,16H,8-11H2,1-2H3. The second-order valence-corrected chi connectivity index (χ2v) is 7.80. The molecule has 6 heteroatoms. The Morgan fingerprint density at radius 3 is 2.62 bits per heavy atom. The summed E-state index contributed by atoms with van der Waals surface area (Å²) < 4.78 is 22.9. The molecular weight excluding hydrogens is 288 g/mol. The van der Waals surface area contributed by atoms with E-state index < -0.39 is 9.84 Å². The van der Waals surface area contributed by atoms with Gasteiger partial charge < -0.3 is 10.2 Å². The summed E-state index contributed by atoms with van der Waals surface area (Å²) in [6.45, 7) is 2.21. The Morgan fingerprint density at radius 1 is 1.38 bits per heavy atom. The molecule has 0 radical (unpaired) electrons. The molecule has 1 aromatic carbocycles. The van der Waals surface area contributed by atoms with Crippen molar-refractivity contribution in [3.63, 3.8) is 0 Å². The minimum atomic E-state index is -2.96. The van der Waals surface area contributed by atoms with Gasteiger partial charge in [-0.05, 0) is 18.9 Å². The minimum Gasteiger partial charge on any atom is -0.341 e. The lowest BCUT2D eigenvalue weighted by Gasteiger charge is -2.24. The molecule has 1 aliphatic rings. The lowest BCUT2D eigenvalue weighted by Crippen LogP contribution is -2.43. The number of hydrogen-bond donors (Lipinski definition) is 1. The Kier molecular flexibility index (Phi) is 5.00. The Balaban J connectivity index is 1.84. The Hall–Kier alpha value is -1.40. The number of rotatable bonds is 5. The molecule has 0 aromatic heterocycles. The van der Waals surface area contributed by atoms with Crippen molar-refractivity contribution in [3.05, 3.63) is 35.9 Å². The summed E-state index contributed by atoms with van der Waals surface area (Å²) in [7, 11) is -1.28. The van der Waals surface area contributed by atoms with Crippen LogP contribution in [0, 0.1) is 0 Å². The SMILES string of the molecule is CC(NCC(=O)N(C)C1CCS(=O)(=O)C1)c1ccccc1. The summed E-state index contributed by atoms with van der Waals surface area (Å²) in [4.78, 5) is 13.7. The van der Waals surface area contributed by atoms with Crippen molar-refractivity contribution in [2.75, 3.05) is 25.1 Å². The van der Waals surface area contributed by atoms with Crippen molar-refractivity contribution in [1.82, 2.24) is 10.2 Å². The third kappa shape index (κ3) is 4.28. The van der Waals surface area contributed by atoms with Crippen LogP contribution in [0.1, 0.15) is 24.9 Å². The lowest BCUT2D eigenvalue weighted by molar-refractivity contribution is -0.130. The molecule has 21 heavy (non-hydrogen) atoms. The number of carbonyl (C=O) groups excluding carboxylic acids is 1. The van der Waals surface area contributed by atoms with Gasteiger partial charge in [0.05, 0.1) is 18.1 Å². The molecule has 2 rings (SSSR count). The topological polar surface area (TPSA) is 66.5 Å². The summed E-state index contributed by atoms with van der Waals surface area (Å²) >= 11 is 0. The van der Waals surface area contributed by atoms with Gasteiger partial charge >= 0.3 is 0 Å². The van der Waals surface area contributed by atoms with Crippen molar-refractivity contribution < 1.29 is 13.2 Å². The van der Waals surface area contributed by atoms with Crippen LogP contribution in [-0.4, -0.2) is 50.4 Å². The molecule has 1 amide bonds. The number of nitrogens with one attached hydrogen (secondary N) is 1. The first kappa shape index (κ1) is 16.0. The van der Waals surface area contributed by atoms with E-state index in [4.69, 9.17) is 0 Å². The van der Waals surface area contributed by atoms with Gasteiger partial charge in [-0.3, -0.25) is 4.79 Å². The highest BCUT2D eigenvalue weighted by Crippen LogP contribution is 2.17. The molecule has 1 heterocycles.